The number of aliphatic hydroxyl groups excluding tert-OH is 2. The van der Waals surface area contributed by atoms with Crippen LogP contribution in [0.4, 0.5) is 0 Å². The molecule has 11 heteroatoms. The molecule has 1 amide bonds. The molecule has 0 bridgehead atoms. The Morgan fingerprint density at radius 2 is 1.89 bits per heavy atom. The number of rotatable bonds is 4. The maximum absolute atomic E-state index is 13.7. The number of benzene rings is 1. The van der Waals surface area contributed by atoms with E-state index in [0.717, 1.165) is 0 Å². The highest BCUT2D eigenvalue weighted by molar-refractivity contribution is 6.24. The molecule has 2 aromatic rings. The molecule has 11 nitrogen and oxygen atoms in total. The maximum Gasteiger partial charge on any atom is 0.255 e. The van der Waals surface area contributed by atoms with Gasteiger partial charge in [0.15, 0.2) is 17.7 Å². The molecule has 4 atom stereocenters. The number of ketones is 2. The van der Waals surface area contributed by atoms with E-state index in [1.807, 2.05) is 0 Å². The normalized spacial score (nSPS) is 27.2. The van der Waals surface area contributed by atoms with Crippen LogP contribution in [0, 0.1) is 11.8 Å². The molecular weight excluding hydrogens is 484 g/mol. The van der Waals surface area contributed by atoms with Crippen LogP contribution >= 0.6 is 0 Å². The molecule has 0 saturated carbocycles. The number of amides is 1. The standard InChI is InChI=1S/C26H24N2O9/c1-28(2)18-14-8-12-7-10-3-4-13(22-11(9-29)5-6-37-22)19(30)15(10)20(31)16(12)23(33)26(14,36)24(34)17(21(18)32)25(27)35/h3-6,9,12,14,18,30,32-33,36H,7-8H2,1-2H3,(H2,27,35)/t12-,14-,18+,26-/m0/s1. The van der Waals surface area contributed by atoms with Gasteiger partial charge >= 0.3 is 0 Å². The molecule has 6 N–H and O–H groups in total. The summed E-state index contributed by atoms with van der Waals surface area (Å²) in [4.78, 5) is 51.9. The molecule has 0 saturated heterocycles. The minimum atomic E-state index is -2.70. The Bertz CT molecular complexity index is 1460. The first kappa shape index (κ1) is 24.5. The number of nitrogens with zero attached hydrogens (tertiary/aromatic N) is 1. The first-order valence-corrected chi connectivity index (χ1v) is 11.5. The monoisotopic (exact) mass is 508 g/mol. The molecule has 5 rings (SSSR count). The number of aromatic hydroxyl groups is 1. The Balaban J connectivity index is 1.70. The molecule has 0 aliphatic heterocycles. The van der Waals surface area contributed by atoms with Crippen molar-refractivity contribution in [1.29, 1.82) is 0 Å². The molecule has 0 fully saturated rings. The first-order valence-electron chi connectivity index (χ1n) is 11.5. The second kappa shape index (κ2) is 8.15. The van der Waals surface area contributed by atoms with E-state index < -0.39 is 63.8 Å². The number of hydrogen-bond acceptors (Lipinski definition) is 10. The summed E-state index contributed by atoms with van der Waals surface area (Å²) < 4.78 is 5.33. The number of Topliss-reactive ketones (excluding diaryl/α,β-unsaturated/α-hetero) is 2. The Kier molecular flexibility index (Phi) is 5.39. The summed E-state index contributed by atoms with van der Waals surface area (Å²) in [5.74, 6) is -7.15. The van der Waals surface area contributed by atoms with Crippen molar-refractivity contribution in [3.05, 3.63) is 63.8 Å². The van der Waals surface area contributed by atoms with Crippen molar-refractivity contribution >= 4 is 23.8 Å². The number of aldehydes is 1. The van der Waals surface area contributed by atoms with Gasteiger partial charge in [-0.1, -0.05) is 6.07 Å². The summed E-state index contributed by atoms with van der Waals surface area (Å²) in [7, 11) is 3.13. The lowest BCUT2D eigenvalue weighted by atomic mass is 9.58. The fourth-order valence-electron chi connectivity index (χ4n) is 6.04. The third-order valence-corrected chi connectivity index (χ3v) is 7.66. The SMILES string of the molecule is CN(C)[C@H]1C(O)=C(C(N)=O)C(=O)[C@@]2(O)C(O)=C3C(=O)c4c(ccc(-c5occc5C=O)c4O)C[C@H]3C[C@@H]12. The quantitative estimate of drug-likeness (QED) is 0.296. The van der Waals surface area contributed by atoms with Crippen molar-refractivity contribution in [2.75, 3.05) is 14.1 Å². The maximum atomic E-state index is 13.7. The van der Waals surface area contributed by atoms with E-state index in [-0.39, 0.29) is 40.9 Å². The van der Waals surface area contributed by atoms with Crippen molar-refractivity contribution in [1.82, 2.24) is 4.90 Å². The van der Waals surface area contributed by atoms with Crippen LogP contribution in [0.3, 0.4) is 0 Å². The Hall–Kier alpha value is -4.22. The second-order valence-electron chi connectivity index (χ2n) is 9.78. The summed E-state index contributed by atoms with van der Waals surface area (Å²) in [5.41, 5.74) is 2.03. The summed E-state index contributed by atoms with van der Waals surface area (Å²) in [6, 6.07) is 3.47. The minimum absolute atomic E-state index is 0.00174. The highest BCUT2D eigenvalue weighted by Crippen LogP contribution is 2.52. The molecule has 0 radical (unpaired) electrons. The molecule has 0 unspecified atom stereocenters. The number of phenols is 1. The third-order valence-electron chi connectivity index (χ3n) is 7.66. The second-order valence-corrected chi connectivity index (χ2v) is 9.78. The van der Waals surface area contributed by atoms with Gasteiger partial charge in [0.1, 0.15) is 28.6 Å². The van der Waals surface area contributed by atoms with Gasteiger partial charge in [-0.15, -0.1) is 0 Å². The van der Waals surface area contributed by atoms with E-state index in [9.17, 15) is 39.6 Å². The highest BCUT2D eigenvalue weighted by Gasteiger charge is 2.63. The number of fused-ring (bicyclic) bond motifs is 3. The minimum Gasteiger partial charge on any atom is -0.510 e. The largest absolute Gasteiger partial charge is 0.510 e. The van der Waals surface area contributed by atoms with Gasteiger partial charge in [-0.2, -0.15) is 0 Å². The predicted molar refractivity (Wildman–Crippen MR) is 127 cm³/mol. The molecule has 1 aromatic heterocycles. The number of carbonyl (C=O) groups excluding carboxylic acids is 4. The summed E-state index contributed by atoms with van der Waals surface area (Å²) >= 11 is 0. The van der Waals surface area contributed by atoms with Crippen LogP contribution in [-0.4, -0.2) is 74.8 Å². The van der Waals surface area contributed by atoms with E-state index >= 15 is 0 Å². The zero-order valence-electron chi connectivity index (χ0n) is 19.9. The van der Waals surface area contributed by atoms with Crippen LogP contribution in [0.1, 0.15) is 32.7 Å². The molecule has 3 aliphatic rings. The molecule has 3 aliphatic carbocycles. The Morgan fingerprint density at radius 3 is 2.51 bits per heavy atom. The zero-order chi connectivity index (χ0) is 27.0. The number of nitrogens with two attached hydrogens (primary N) is 1. The number of aliphatic hydroxyl groups is 3. The lowest BCUT2D eigenvalue weighted by molar-refractivity contribution is -0.148. The number of likely N-dealkylation sites (N-methyl/N-ethyl adjacent to an activating group) is 1. The van der Waals surface area contributed by atoms with Gasteiger partial charge in [-0.05, 0) is 50.6 Å². The summed E-state index contributed by atoms with van der Waals surface area (Å²) in [5, 5.41) is 44.7. The fourth-order valence-corrected chi connectivity index (χ4v) is 6.04. The van der Waals surface area contributed by atoms with E-state index in [1.54, 1.807) is 20.2 Å². The van der Waals surface area contributed by atoms with Crippen molar-refractivity contribution in [2.45, 2.75) is 24.5 Å². The van der Waals surface area contributed by atoms with Crippen LogP contribution in [0.2, 0.25) is 0 Å². The Morgan fingerprint density at radius 1 is 1.19 bits per heavy atom. The van der Waals surface area contributed by atoms with Crippen molar-refractivity contribution in [2.24, 2.45) is 17.6 Å². The molecule has 192 valence electrons. The topological polar surface area (TPSA) is 192 Å². The molecule has 1 aromatic carbocycles. The number of furan rings is 1. The van der Waals surface area contributed by atoms with E-state index in [4.69, 9.17) is 10.2 Å². The van der Waals surface area contributed by atoms with Crippen LogP contribution in [0.5, 0.6) is 5.75 Å². The molecule has 0 spiro atoms. The average Bonchev–Trinajstić information content (AvgIpc) is 3.29. The van der Waals surface area contributed by atoms with Gasteiger partial charge in [0.05, 0.1) is 29.0 Å². The lowest BCUT2D eigenvalue weighted by Crippen LogP contribution is -2.63. The lowest BCUT2D eigenvalue weighted by Gasteiger charge is -2.50. The van der Waals surface area contributed by atoms with Gasteiger partial charge in [0.2, 0.25) is 5.78 Å². The van der Waals surface area contributed by atoms with E-state index in [1.165, 1.54) is 23.3 Å². The van der Waals surface area contributed by atoms with Gasteiger partial charge in [-0.25, -0.2) is 0 Å². The van der Waals surface area contributed by atoms with Gasteiger partial charge in [0.25, 0.3) is 5.91 Å². The van der Waals surface area contributed by atoms with E-state index in [2.05, 4.69) is 0 Å². The van der Waals surface area contributed by atoms with Crippen molar-refractivity contribution in [3.8, 4) is 17.1 Å². The van der Waals surface area contributed by atoms with Gasteiger partial charge in [0, 0.05) is 11.5 Å². The zero-order valence-corrected chi connectivity index (χ0v) is 19.9. The number of carbonyl (C=O) groups is 4. The van der Waals surface area contributed by atoms with E-state index in [0.29, 0.717) is 11.8 Å². The number of allylic oxidation sites excluding steroid dienone is 1. The summed E-state index contributed by atoms with van der Waals surface area (Å²) in [6.07, 6.45) is 1.97. The van der Waals surface area contributed by atoms with Crippen LogP contribution in [0.15, 0.2) is 51.5 Å². The fraction of sp³-hybridized carbons (Fsp3) is 0.308. The van der Waals surface area contributed by atoms with Gasteiger partial charge < -0.3 is 30.6 Å². The molecular formula is C26H24N2O9. The third kappa shape index (κ3) is 3.14. The van der Waals surface area contributed by atoms with Crippen LogP contribution in [0.25, 0.3) is 11.3 Å². The highest BCUT2D eigenvalue weighted by atomic mass is 16.4. The number of primary amides is 1. The summed E-state index contributed by atoms with van der Waals surface area (Å²) in [6.45, 7) is 0. The Labute approximate surface area is 210 Å². The average molecular weight is 508 g/mol. The smallest absolute Gasteiger partial charge is 0.255 e. The molecule has 1 heterocycles. The van der Waals surface area contributed by atoms with Crippen LogP contribution in [-0.2, 0) is 16.0 Å². The van der Waals surface area contributed by atoms with Crippen LogP contribution < -0.4 is 5.73 Å². The van der Waals surface area contributed by atoms with Gasteiger partial charge in [-0.3, -0.25) is 24.1 Å². The number of phenolic OH excluding ortho intramolecular Hbond substituents is 1. The predicted octanol–water partition coefficient (Wildman–Crippen LogP) is 1.19. The first-order chi connectivity index (χ1) is 17.4. The van der Waals surface area contributed by atoms with Crippen molar-refractivity contribution < 1.29 is 44.0 Å². The van der Waals surface area contributed by atoms with Crippen molar-refractivity contribution in [3.63, 3.8) is 0 Å². The number of hydrogen-bond donors (Lipinski definition) is 5. The molecule has 37 heavy (non-hydrogen) atoms.